The largest absolute Gasteiger partial charge is 0.478 e. The first kappa shape index (κ1) is 13.7. The SMILES string of the molecule is CN(C)c1cccc(N=Nc2ccccc2C(=O)O)c1. The van der Waals surface area contributed by atoms with Crippen LogP contribution in [0.3, 0.4) is 0 Å². The van der Waals surface area contributed by atoms with E-state index in [1.54, 1.807) is 18.2 Å². The lowest BCUT2D eigenvalue weighted by atomic mass is 10.2. The summed E-state index contributed by atoms with van der Waals surface area (Å²) in [4.78, 5) is 13.0. The molecule has 20 heavy (non-hydrogen) atoms. The average molecular weight is 269 g/mol. The lowest BCUT2D eigenvalue weighted by Crippen LogP contribution is -2.07. The highest BCUT2D eigenvalue weighted by molar-refractivity contribution is 5.93. The van der Waals surface area contributed by atoms with E-state index in [0.29, 0.717) is 11.4 Å². The first-order valence-corrected chi connectivity index (χ1v) is 6.09. The number of hydrogen-bond donors (Lipinski definition) is 1. The lowest BCUT2D eigenvalue weighted by Gasteiger charge is -2.11. The fourth-order valence-corrected chi connectivity index (χ4v) is 1.69. The molecule has 0 radical (unpaired) electrons. The maximum Gasteiger partial charge on any atom is 0.337 e. The van der Waals surface area contributed by atoms with Crippen molar-refractivity contribution < 1.29 is 9.90 Å². The van der Waals surface area contributed by atoms with Crippen LogP contribution in [0.2, 0.25) is 0 Å². The van der Waals surface area contributed by atoms with Gasteiger partial charge in [0.05, 0.1) is 11.3 Å². The molecule has 0 unspecified atom stereocenters. The second-order valence-corrected chi connectivity index (χ2v) is 4.44. The number of anilines is 1. The molecule has 5 nitrogen and oxygen atoms in total. The van der Waals surface area contributed by atoms with Gasteiger partial charge in [-0.15, -0.1) is 5.11 Å². The summed E-state index contributed by atoms with van der Waals surface area (Å²) >= 11 is 0. The number of rotatable bonds is 4. The van der Waals surface area contributed by atoms with Crippen molar-refractivity contribution in [3.8, 4) is 0 Å². The maximum absolute atomic E-state index is 11.1. The molecule has 102 valence electrons. The van der Waals surface area contributed by atoms with E-state index in [1.165, 1.54) is 6.07 Å². The van der Waals surface area contributed by atoms with Gasteiger partial charge in [0.2, 0.25) is 0 Å². The van der Waals surface area contributed by atoms with E-state index in [0.717, 1.165) is 5.69 Å². The summed E-state index contributed by atoms with van der Waals surface area (Å²) in [6.45, 7) is 0. The number of azo groups is 1. The van der Waals surface area contributed by atoms with Crippen LogP contribution < -0.4 is 4.90 Å². The molecule has 0 amide bonds. The quantitative estimate of drug-likeness (QED) is 0.857. The highest BCUT2D eigenvalue weighted by Crippen LogP contribution is 2.24. The molecule has 0 atom stereocenters. The summed E-state index contributed by atoms with van der Waals surface area (Å²) in [5.74, 6) is -1.01. The Morgan fingerprint density at radius 3 is 2.50 bits per heavy atom. The molecule has 0 aromatic heterocycles. The Hall–Kier alpha value is -2.69. The highest BCUT2D eigenvalue weighted by Gasteiger charge is 2.07. The van der Waals surface area contributed by atoms with E-state index in [4.69, 9.17) is 5.11 Å². The second-order valence-electron chi connectivity index (χ2n) is 4.44. The second kappa shape index (κ2) is 5.97. The van der Waals surface area contributed by atoms with Crippen LogP contribution in [0.4, 0.5) is 17.1 Å². The molecule has 0 aliphatic rings. The molecule has 5 heteroatoms. The van der Waals surface area contributed by atoms with Gasteiger partial charge in [0.15, 0.2) is 0 Å². The third-order valence-corrected chi connectivity index (χ3v) is 2.75. The van der Waals surface area contributed by atoms with Crippen LogP contribution in [-0.2, 0) is 0 Å². The molecule has 1 N–H and O–H groups in total. The van der Waals surface area contributed by atoms with Crippen LogP contribution in [0.15, 0.2) is 58.8 Å². The standard InChI is InChI=1S/C15H15N3O2/c1-18(2)12-7-5-6-11(10-12)16-17-14-9-4-3-8-13(14)15(19)20/h3-10H,1-2H3,(H,19,20). The zero-order valence-corrected chi connectivity index (χ0v) is 11.3. The van der Waals surface area contributed by atoms with Gasteiger partial charge in [0.25, 0.3) is 0 Å². The molecular formula is C15H15N3O2. The topological polar surface area (TPSA) is 65.3 Å². The van der Waals surface area contributed by atoms with E-state index in [9.17, 15) is 4.79 Å². The summed E-state index contributed by atoms with van der Waals surface area (Å²) in [6, 6.07) is 14.1. The molecule has 2 aromatic carbocycles. The number of nitrogens with zero attached hydrogens (tertiary/aromatic N) is 3. The van der Waals surface area contributed by atoms with Crippen molar-refractivity contribution in [1.82, 2.24) is 0 Å². The molecule has 2 aromatic rings. The average Bonchev–Trinajstić information content (AvgIpc) is 2.45. The summed E-state index contributed by atoms with van der Waals surface area (Å²) in [5, 5.41) is 17.2. The van der Waals surface area contributed by atoms with E-state index in [-0.39, 0.29) is 5.56 Å². The molecule has 0 saturated heterocycles. The predicted octanol–water partition coefficient (Wildman–Crippen LogP) is 3.87. The van der Waals surface area contributed by atoms with E-state index < -0.39 is 5.97 Å². The van der Waals surface area contributed by atoms with Crippen LogP contribution in [-0.4, -0.2) is 25.2 Å². The summed E-state index contributed by atoms with van der Waals surface area (Å²) in [6.07, 6.45) is 0. The third kappa shape index (κ3) is 3.20. The minimum atomic E-state index is -1.01. The Balaban J connectivity index is 2.30. The van der Waals surface area contributed by atoms with Gasteiger partial charge in [-0.05, 0) is 30.3 Å². The molecule has 0 heterocycles. The van der Waals surface area contributed by atoms with E-state index in [2.05, 4.69) is 10.2 Å². The molecule has 0 aliphatic heterocycles. The van der Waals surface area contributed by atoms with Crippen LogP contribution in [0, 0.1) is 0 Å². The summed E-state index contributed by atoms with van der Waals surface area (Å²) in [5.41, 5.74) is 2.17. The van der Waals surface area contributed by atoms with Crippen molar-refractivity contribution in [2.75, 3.05) is 19.0 Å². The van der Waals surface area contributed by atoms with Crippen LogP contribution >= 0.6 is 0 Å². The molecule has 0 aliphatic carbocycles. The van der Waals surface area contributed by atoms with Gasteiger partial charge in [-0.3, -0.25) is 0 Å². The van der Waals surface area contributed by atoms with Crippen LogP contribution in [0.25, 0.3) is 0 Å². The predicted molar refractivity (Wildman–Crippen MR) is 78.3 cm³/mol. The van der Waals surface area contributed by atoms with Crippen molar-refractivity contribution >= 4 is 23.0 Å². The first-order chi connectivity index (χ1) is 9.58. The molecule has 0 saturated carbocycles. The molecule has 0 bridgehead atoms. The van der Waals surface area contributed by atoms with Crippen molar-refractivity contribution in [3.63, 3.8) is 0 Å². The zero-order chi connectivity index (χ0) is 14.5. The minimum absolute atomic E-state index is 0.139. The highest BCUT2D eigenvalue weighted by atomic mass is 16.4. The maximum atomic E-state index is 11.1. The number of hydrogen-bond acceptors (Lipinski definition) is 4. The fourth-order valence-electron chi connectivity index (χ4n) is 1.69. The van der Waals surface area contributed by atoms with Crippen molar-refractivity contribution in [2.24, 2.45) is 10.2 Å². The zero-order valence-electron chi connectivity index (χ0n) is 11.3. The first-order valence-electron chi connectivity index (χ1n) is 6.09. The fraction of sp³-hybridized carbons (Fsp3) is 0.133. The Bertz CT molecular complexity index is 651. The van der Waals surface area contributed by atoms with Gasteiger partial charge in [0.1, 0.15) is 5.69 Å². The van der Waals surface area contributed by atoms with Gasteiger partial charge < -0.3 is 10.0 Å². The van der Waals surface area contributed by atoms with Gasteiger partial charge in [-0.1, -0.05) is 18.2 Å². The van der Waals surface area contributed by atoms with Gasteiger partial charge in [-0.25, -0.2) is 4.79 Å². The number of aromatic carboxylic acids is 1. The van der Waals surface area contributed by atoms with E-state index >= 15 is 0 Å². The number of benzene rings is 2. The van der Waals surface area contributed by atoms with Crippen LogP contribution in [0.5, 0.6) is 0 Å². The number of carbonyl (C=O) groups is 1. The Labute approximate surface area is 117 Å². The van der Waals surface area contributed by atoms with Gasteiger partial charge in [0, 0.05) is 19.8 Å². The van der Waals surface area contributed by atoms with Crippen LogP contribution in [0.1, 0.15) is 10.4 Å². The Morgan fingerprint density at radius 1 is 1.05 bits per heavy atom. The third-order valence-electron chi connectivity index (χ3n) is 2.75. The monoisotopic (exact) mass is 269 g/mol. The number of carboxylic acid groups (broad SMARTS) is 1. The lowest BCUT2D eigenvalue weighted by molar-refractivity contribution is 0.0698. The smallest absolute Gasteiger partial charge is 0.337 e. The Kier molecular flexibility index (Phi) is 4.10. The summed E-state index contributed by atoms with van der Waals surface area (Å²) < 4.78 is 0. The van der Waals surface area contributed by atoms with Crippen molar-refractivity contribution in [2.45, 2.75) is 0 Å². The van der Waals surface area contributed by atoms with Gasteiger partial charge >= 0.3 is 5.97 Å². The molecular weight excluding hydrogens is 254 g/mol. The number of carboxylic acids is 1. The normalized spacial score (nSPS) is 10.7. The minimum Gasteiger partial charge on any atom is -0.478 e. The summed E-state index contributed by atoms with van der Waals surface area (Å²) in [7, 11) is 3.88. The van der Waals surface area contributed by atoms with Crippen molar-refractivity contribution in [3.05, 3.63) is 54.1 Å². The molecule has 0 spiro atoms. The van der Waals surface area contributed by atoms with Gasteiger partial charge in [-0.2, -0.15) is 5.11 Å². The molecule has 2 rings (SSSR count). The van der Waals surface area contributed by atoms with E-state index in [1.807, 2.05) is 43.3 Å². The Morgan fingerprint density at radius 2 is 1.80 bits per heavy atom. The van der Waals surface area contributed by atoms with Crippen molar-refractivity contribution in [1.29, 1.82) is 0 Å². The molecule has 0 fully saturated rings.